The van der Waals surface area contributed by atoms with Gasteiger partial charge in [0, 0.05) is 13.1 Å². The van der Waals surface area contributed by atoms with Crippen LogP contribution < -0.4 is 10.6 Å². The lowest BCUT2D eigenvalue weighted by Crippen LogP contribution is -2.17. The summed E-state index contributed by atoms with van der Waals surface area (Å²) in [7, 11) is 0. The van der Waals surface area contributed by atoms with Crippen LogP contribution in [0.2, 0.25) is 0 Å². The first-order valence-electron chi connectivity index (χ1n) is 7.41. The Hall–Kier alpha value is -1.43. The fraction of sp³-hybridized carbons (Fsp3) is 0.714. The van der Waals surface area contributed by atoms with E-state index >= 15 is 0 Å². The van der Waals surface area contributed by atoms with E-state index in [9.17, 15) is 4.39 Å². The first kappa shape index (κ1) is 15.0. The number of hydrogen-bond acceptors (Lipinski definition) is 5. The maximum absolute atomic E-state index is 13.6. The summed E-state index contributed by atoms with van der Waals surface area (Å²) in [6, 6.07) is 0. The maximum Gasteiger partial charge on any atom is 0.224 e. The smallest absolute Gasteiger partial charge is 0.224 e. The molecule has 2 rings (SSSR count). The van der Waals surface area contributed by atoms with Crippen molar-refractivity contribution in [2.75, 3.05) is 30.3 Å². The van der Waals surface area contributed by atoms with Crippen LogP contribution in [0.1, 0.15) is 39.0 Å². The molecule has 0 aromatic carbocycles. The molecule has 1 aromatic rings. The highest BCUT2D eigenvalue weighted by Crippen LogP contribution is 2.20. The Balaban J connectivity index is 1.75. The molecule has 0 aliphatic heterocycles. The highest BCUT2D eigenvalue weighted by atomic mass is 19.1. The SMILES string of the molecule is CCCNc1ncc(F)c(NCCOC2CCCC2)n1. The monoisotopic (exact) mass is 282 g/mol. The number of hydrogen-bond donors (Lipinski definition) is 2. The van der Waals surface area contributed by atoms with Gasteiger partial charge in [-0.3, -0.25) is 0 Å². The minimum Gasteiger partial charge on any atom is -0.376 e. The van der Waals surface area contributed by atoms with Gasteiger partial charge in [-0.25, -0.2) is 9.37 Å². The van der Waals surface area contributed by atoms with Crippen LogP contribution in [0.4, 0.5) is 16.2 Å². The van der Waals surface area contributed by atoms with Crippen molar-refractivity contribution in [3.63, 3.8) is 0 Å². The Labute approximate surface area is 119 Å². The quantitative estimate of drug-likeness (QED) is 0.718. The molecule has 1 aromatic heterocycles. The third-order valence-corrected chi connectivity index (χ3v) is 3.33. The van der Waals surface area contributed by atoms with Crippen LogP contribution in [0.5, 0.6) is 0 Å². The lowest BCUT2D eigenvalue weighted by atomic mass is 10.3. The predicted octanol–water partition coefficient (Wildman–Crippen LogP) is 2.81. The van der Waals surface area contributed by atoms with Gasteiger partial charge in [0.1, 0.15) is 0 Å². The second-order valence-electron chi connectivity index (χ2n) is 5.02. The largest absolute Gasteiger partial charge is 0.376 e. The van der Waals surface area contributed by atoms with Crippen LogP contribution in [-0.2, 0) is 4.74 Å². The molecule has 1 aliphatic rings. The molecule has 1 heterocycles. The Bertz CT molecular complexity index is 410. The average Bonchev–Trinajstić information content (AvgIpc) is 2.97. The Morgan fingerprint density at radius 3 is 2.85 bits per heavy atom. The van der Waals surface area contributed by atoms with Crippen molar-refractivity contribution in [2.45, 2.75) is 45.1 Å². The molecule has 0 saturated heterocycles. The molecular formula is C14H23FN4O. The van der Waals surface area contributed by atoms with E-state index in [2.05, 4.69) is 27.5 Å². The van der Waals surface area contributed by atoms with Gasteiger partial charge in [-0.1, -0.05) is 19.8 Å². The Morgan fingerprint density at radius 2 is 2.10 bits per heavy atom. The van der Waals surface area contributed by atoms with Gasteiger partial charge in [0.15, 0.2) is 11.6 Å². The van der Waals surface area contributed by atoms with Crippen LogP contribution >= 0.6 is 0 Å². The number of rotatable bonds is 8. The summed E-state index contributed by atoms with van der Waals surface area (Å²) in [4.78, 5) is 8.01. The van der Waals surface area contributed by atoms with E-state index in [1.165, 1.54) is 19.0 Å². The van der Waals surface area contributed by atoms with Crippen molar-refractivity contribution < 1.29 is 9.13 Å². The van der Waals surface area contributed by atoms with Crippen molar-refractivity contribution in [3.05, 3.63) is 12.0 Å². The van der Waals surface area contributed by atoms with Crippen molar-refractivity contribution in [1.29, 1.82) is 0 Å². The molecule has 0 radical (unpaired) electrons. The topological polar surface area (TPSA) is 59.1 Å². The molecule has 0 unspecified atom stereocenters. The molecule has 20 heavy (non-hydrogen) atoms. The molecular weight excluding hydrogens is 259 g/mol. The van der Waals surface area contributed by atoms with Crippen LogP contribution in [0.3, 0.4) is 0 Å². The Morgan fingerprint density at radius 1 is 1.30 bits per heavy atom. The zero-order valence-electron chi connectivity index (χ0n) is 12.0. The summed E-state index contributed by atoms with van der Waals surface area (Å²) in [6.07, 6.45) is 7.34. The highest BCUT2D eigenvalue weighted by molar-refractivity contribution is 5.40. The lowest BCUT2D eigenvalue weighted by molar-refractivity contribution is 0.0658. The van der Waals surface area contributed by atoms with Gasteiger partial charge in [0.2, 0.25) is 5.95 Å². The molecule has 1 fully saturated rings. The van der Waals surface area contributed by atoms with Gasteiger partial charge < -0.3 is 15.4 Å². The van der Waals surface area contributed by atoms with E-state index in [0.717, 1.165) is 25.8 Å². The first-order valence-corrected chi connectivity index (χ1v) is 7.41. The number of anilines is 2. The third-order valence-electron chi connectivity index (χ3n) is 3.33. The zero-order valence-corrected chi connectivity index (χ0v) is 12.0. The van der Waals surface area contributed by atoms with Gasteiger partial charge in [-0.15, -0.1) is 0 Å². The van der Waals surface area contributed by atoms with Gasteiger partial charge >= 0.3 is 0 Å². The molecule has 6 heteroatoms. The molecule has 5 nitrogen and oxygen atoms in total. The Kier molecular flexibility index (Phi) is 5.98. The predicted molar refractivity (Wildman–Crippen MR) is 77.5 cm³/mol. The van der Waals surface area contributed by atoms with Crippen molar-refractivity contribution >= 4 is 11.8 Å². The van der Waals surface area contributed by atoms with E-state index in [-0.39, 0.29) is 5.82 Å². The molecule has 0 amide bonds. The summed E-state index contributed by atoms with van der Waals surface area (Å²) < 4.78 is 19.3. The van der Waals surface area contributed by atoms with Crippen molar-refractivity contribution in [1.82, 2.24) is 9.97 Å². The number of halogens is 1. The molecule has 0 bridgehead atoms. The summed E-state index contributed by atoms with van der Waals surface area (Å²) in [5.41, 5.74) is 0. The van der Waals surface area contributed by atoms with E-state index in [4.69, 9.17) is 4.74 Å². The summed E-state index contributed by atoms with van der Waals surface area (Å²) in [5, 5.41) is 6.00. The van der Waals surface area contributed by atoms with Gasteiger partial charge in [-0.05, 0) is 19.3 Å². The van der Waals surface area contributed by atoms with E-state index in [1.54, 1.807) is 0 Å². The number of nitrogens with zero attached hydrogens (tertiary/aromatic N) is 2. The number of aromatic nitrogens is 2. The normalized spacial score (nSPS) is 15.5. The maximum atomic E-state index is 13.6. The summed E-state index contributed by atoms with van der Waals surface area (Å²) in [6.45, 7) is 3.95. The molecule has 0 atom stereocenters. The molecule has 1 saturated carbocycles. The molecule has 0 spiro atoms. The summed E-state index contributed by atoms with van der Waals surface area (Å²) in [5.74, 6) is 0.244. The third kappa shape index (κ3) is 4.59. The second-order valence-corrected chi connectivity index (χ2v) is 5.02. The van der Waals surface area contributed by atoms with Crippen LogP contribution in [0.25, 0.3) is 0 Å². The standard InChI is InChI=1S/C14H23FN4O/c1-2-7-17-14-18-10-12(15)13(19-14)16-8-9-20-11-5-3-4-6-11/h10-11H,2-9H2,1H3,(H2,16,17,18,19). The molecule has 1 aliphatic carbocycles. The van der Waals surface area contributed by atoms with Crippen LogP contribution in [-0.4, -0.2) is 35.8 Å². The second kappa shape index (κ2) is 7.99. The first-order chi connectivity index (χ1) is 9.79. The zero-order chi connectivity index (χ0) is 14.2. The minimum absolute atomic E-state index is 0.230. The van der Waals surface area contributed by atoms with Crippen LogP contribution in [0.15, 0.2) is 6.20 Å². The lowest BCUT2D eigenvalue weighted by Gasteiger charge is -2.12. The number of ether oxygens (including phenoxy) is 1. The van der Waals surface area contributed by atoms with Crippen molar-refractivity contribution in [3.8, 4) is 0 Å². The van der Waals surface area contributed by atoms with Crippen LogP contribution in [0, 0.1) is 5.82 Å². The van der Waals surface area contributed by atoms with E-state index in [0.29, 0.717) is 25.2 Å². The van der Waals surface area contributed by atoms with Gasteiger partial charge in [-0.2, -0.15) is 4.98 Å². The molecule has 112 valence electrons. The average molecular weight is 282 g/mol. The van der Waals surface area contributed by atoms with Gasteiger partial charge in [0.25, 0.3) is 0 Å². The number of nitrogens with one attached hydrogen (secondary N) is 2. The minimum atomic E-state index is -0.437. The summed E-state index contributed by atoms with van der Waals surface area (Å²) >= 11 is 0. The fourth-order valence-electron chi connectivity index (χ4n) is 2.26. The fourth-order valence-corrected chi connectivity index (χ4v) is 2.26. The molecule has 2 N–H and O–H groups in total. The van der Waals surface area contributed by atoms with Crippen molar-refractivity contribution in [2.24, 2.45) is 0 Å². The highest BCUT2D eigenvalue weighted by Gasteiger charge is 2.14. The van der Waals surface area contributed by atoms with E-state index in [1.807, 2.05) is 0 Å². The van der Waals surface area contributed by atoms with Gasteiger partial charge in [0.05, 0.1) is 18.9 Å². The van der Waals surface area contributed by atoms with E-state index < -0.39 is 5.82 Å².